The summed E-state index contributed by atoms with van der Waals surface area (Å²) in [4.78, 5) is 20.7. The molecule has 1 amide bonds. The zero-order chi connectivity index (χ0) is 18.4. The largest absolute Gasteiger partial charge is 0.495 e. The Morgan fingerprint density at radius 2 is 1.85 bits per heavy atom. The average Bonchev–Trinajstić information content (AvgIpc) is 2.69. The average molecular weight is 354 g/mol. The van der Waals surface area contributed by atoms with Gasteiger partial charge >= 0.3 is 0 Å². The summed E-state index contributed by atoms with van der Waals surface area (Å²) in [6.07, 6.45) is 3.19. The van der Waals surface area contributed by atoms with E-state index in [4.69, 9.17) is 4.74 Å². The molecule has 1 aliphatic rings. The smallest absolute Gasteiger partial charge is 0.225 e. The highest BCUT2D eigenvalue weighted by molar-refractivity contribution is 5.89. The fourth-order valence-electron chi connectivity index (χ4n) is 3.18. The van der Waals surface area contributed by atoms with E-state index in [0.29, 0.717) is 12.2 Å². The van der Waals surface area contributed by atoms with Gasteiger partial charge in [-0.2, -0.15) is 0 Å². The van der Waals surface area contributed by atoms with Crippen LogP contribution in [0.15, 0.2) is 42.6 Å². The highest BCUT2D eigenvalue weighted by Gasteiger charge is 2.20. The number of hydrogen-bond donors (Lipinski definition) is 1. The quantitative estimate of drug-likeness (QED) is 0.864. The van der Waals surface area contributed by atoms with Crippen molar-refractivity contribution in [3.8, 4) is 5.75 Å². The van der Waals surface area contributed by atoms with Crippen LogP contribution < -0.4 is 19.9 Å². The predicted molar refractivity (Wildman–Crippen MR) is 105 cm³/mol. The summed E-state index contributed by atoms with van der Waals surface area (Å²) in [5.41, 5.74) is 2.22. The first-order chi connectivity index (χ1) is 12.7. The first-order valence-corrected chi connectivity index (χ1v) is 9.10. The second kappa shape index (κ2) is 8.56. The Morgan fingerprint density at radius 1 is 1.12 bits per heavy atom. The van der Waals surface area contributed by atoms with E-state index in [2.05, 4.69) is 26.2 Å². The number of carbonyl (C=O) groups excluding carboxylic acids is 1. The van der Waals surface area contributed by atoms with E-state index in [1.165, 1.54) is 0 Å². The fourth-order valence-corrected chi connectivity index (χ4v) is 3.18. The lowest BCUT2D eigenvalue weighted by Gasteiger charge is -2.37. The van der Waals surface area contributed by atoms with Crippen LogP contribution in [-0.4, -0.2) is 44.2 Å². The van der Waals surface area contributed by atoms with Crippen molar-refractivity contribution in [1.82, 2.24) is 4.98 Å². The van der Waals surface area contributed by atoms with Crippen LogP contribution in [0, 0.1) is 0 Å². The molecule has 138 valence electrons. The van der Waals surface area contributed by atoms with Crippen LogP contribution in [0.2, 0.25) is 0 Å². The number of ether oxygens (including phenoxy) is 1. The Hall–Kier alpha value is -2.76. The minimum absolute atomic E-state index is 0.0122. The summed E-state index contributed by atoms with van der Waals surface area (Å²) < 4.78 is 5.47. The molecule has 0 unspecified atom stereocenters. The molecule has 0 atom stereocenters. The van der Waals surface area contributed by atoms with Gasteiger partial charge in [-0.25, -0.2) is 4.98 Å². The number of para-hydroxylation sites is 2. The number of carbonyl (C=O) groups is 1. The molecule has 1 aliphatic heterocycles. The van der Waals surface area contributed by atoms with Crippen molar-refractivity contribution in [2.24, 2.45) is 0 Å². The van der Waals surface area contributed by atoms with E-state index in [1.807, 2.05) is 43.5 Å². The van der Waals surface area contributed by atoms with Crippen LogP contribution in [0.4, 0.5) is 17.2 Å². The van der Waals surface area contributed by atoms with Gasteiger partial charge in [0, 0.05) is 32.6 Å². The maximum atomic E-state index is 11.6. The van der Waals surface area contributed by atoms with Crippen molar-refractivity contribution in [2.75, 3.05) is 48.4 Å². The predicted octanol–water partition coefficient (Wildman–Crippen LogP) is 3.16. The lowest BCUT2D eigenvalue weighted by molar-refractivity contribution is -0.116. The molecule has 3 rings (SSSR count). The zero-order valence-electron chi connectivity index (χ0n) is 15.4. The molecule has 0 spiro atoms. The van der Waals surface area contributed by atoms with Crippen LogP contribution in [-0.2, 0) is 4.79 Å². The molecule has 6 heteroatoms. The lowest BCUT2D eigenvalue weighted by atomic mass is 10.2. The van der Waals surface area contributed by atoms with Gasteiger partial charge in [0.25, 0.3) is 0 Å². The third-order valence-corrected chi connectivity index (χ3v) is 4.56. The number of aromatic nitrogens is 1. The molecule has 2 heterocycles. The summed E-state index contributed by atoms with van der Waals surface area (Å²) >= 11 is 0. The van der Waals surface area contributed by atoms with Gasteiger partial charge in [-0.1, -0.05) is 19.1 Å². The van der Waals surface area contributed by atoms with E-state index < -0.39 is 0 Å². The second-order valence-corrected chi connectivity index (χ2v) is 6.35. The minimum atomic E-state index is 0.0122. The molecule has 1 aromatic carbocycles. The summed E-state index contributed by atoms with van der Waals surface area (Å²) in [6.45, 7) is 5.67. The zero-order valence-corrected chi connectivity index (χ0v) is 15.4. The molecule has 1 fully saturated rings. The minimum Gasteiger partial charge on any atom is -0.495 e. The van der Waals surface area contributed by atoms with Crippen molar-refractivity contribution >= 4 is 23.1 Å². The number of anilines is 3. The Morgan fingerprint density at radius 3 is 2.50 bits per heavy atom. The van der Waals surface area contributed by atoms with Crippen molar-refractivity contribution < 1.29 is 9.53 Å². The van der Waals surface area contributed by atoms with Gasteiger partial charge in [0.15, 0.2) is 0 Å². The van der Waals surface area contributed by atoms with Gasteiger partial charge in [-0.05, 0) is 30.7 Å². The van der Waals surface area contributed by atoms with Crippen LogP contribution in [0.1, 0.15) is 19.8 Å². The van der Waals surface area contributed by atoms with Gasteiger partial charge in [-0.3, -0.25) is 4.79 Å². The summed E-state index contributed by atoms with van der Waals surface area (Å²) in [6, 6.07) is 12.0. The molecule has 0 saturated carbocycles. The van der Waals surface area contributed by atoms with E-state index in [1.54, 1.807) is 7.11 Å². The maximum Gasteiger partial charge on any atom is 0.225 e. The van der Waals surface area contributed by atoms with Crippen LogP contribution in [0.3, 0.4) is 0 Å². The van der Waals surface area contributed by atoms with Gasteiger partial charge in [0.2, 0.25) is 5.91 Å². The van der Waals surface area contributed by atoms with Crippen LogP contribution in [0.25, 0.3) is 0 Å². The first-order valence-electron chi connectivity index (χ1n) is 9.10. The highest BCUT2D eigenvalue weighted by atomic mass is 16.5. The first kappa shape index (κ1) is 18.0. The number of pyridine rings is 1. The number of nitrogens with zero attached hydrogens (tertiary/aromatic N) is 3. The van der Waals surface area contributed by atoms with Crippen molar-refractivity contribution in [1.29, 1.82) is 0 Å². The third kappa shape index (κ3) is 4.25. The number of methoxy groups -OCH3 is 1. The van der Waals surface area contributed by atoms with E-state index in [-0.39, 0.29) is 5.91 Å². The molecular formula is C20H26N4O2. The third-order valence-electron chi connectivity index (χ3n) is 4.56. The van der Waals surface area contributed by atoms with Crippen molar-refractivity contribution in [2.45, 2.75) is 19.8 Å². The Bertz CT molecular complexity index is 725. The van der Waals surface area contributed by atoms with Crippen LogP contribution in [0.5, 0.6) is 5.75 Å². The van der Waals surface area contributed by atoms with Crippen LogP contribution >= 0.6 is 0 Å². The highest BCUT2D eigenvalue weighted by Crippen LogP contribution is 2.29. The molecule has 0 radical (unpaired) electrons. The lowest BCUT2D eigenvalue weighted by Crippen LogP contribution is -2.46. The molecule has 0 bridgehead atoms. The fraction of sp³-hybridized carbons (Fsp3) is 0.400. The second-order valence-electron chi connectivity index (χ2n) is 6.35. The standard InChI is InChI=1S/C20H26N4O2/c1-3-6-20(25)22-19-10-9-16(15-21-19)23-11-13-24(14-12-23)17-7-4-5-8-18(17)26-2/h4-5,7-10,15H,3,6,11-14H2,1-2H3,(H,21,22,25). The van der Waals surface area contributed by atoms with E-state index >= 15 is 0 Å². The summed E-state index contributed by atoms with van der Waals surface area (Å²) in [7, 11) is 1.71. The molecule has 0 aliphatic carbocycles. The SMILES string of the molecule is CCCC(=O)Nc1ccc(N2CCN(c3ccccc3OC)CC2)cn1. The summed E-state index contributed by atoms with van der Waals surface area (Å²) in [5.74, 6) is 1.54. The molecule has 1 saturated heterocycles. The number of rotatable bonds is 6. The van der Waals surface area contributed by atoms with Gasteiger partial charge < -0.3 is 19.9 Å². The number of nitrogens with one attached hydrogen (secondary N) is 1. The molecule has 1 N–H and O–H groups in total. The Labute approximate surface area is 154 Å². The number of amides is 1. The van der Waals surface area contributed by atoms with Crippen molar-refractivity contribution in [3.05, 3.63) is 42.6 Å². The Balaban J connectivity index is 1.59. The molecule has 2 aromatic rings. The molecular weight excluding hydrogens is 328 g/mol. The monoisotopic (exact) mass is 354 g/mol. The van der Waals surface area contributed by atoms with Gasteiger partial charge in [0.1, 0.15) is 11.6 Å². The number of piperazine rings is 1. The number of benzene rings is 1. The number of hydrogen-bond acceptors (Lipinski definition) is 5. The molecule has 1 aromatic heterocycles. The topological polar surface area (TPSA) is 57.7 Å². The normalized spacial score (nSPS) is 14.2. The van der Waals surface area contributed by atoms with Gasteiger partial charge in [0.05, 0.1) is 24.7 Å². The molecule has 6 nitrogen and oxygen atoms in total. The molecule has 26 heavy (non-hydrogen) atoms. The Kier molecular flexibility index (Phi) is 5.94. The van der Waals surface area contributed by atoms with Crippen molar-refractivity contribution in [3.63, 3.8) is 0 Å². The van der Waals surface area contributed by atoms with Gasteiger partial charge in [-0.15, -0.1) is 0 Å². The van der Waals surface area contributed by atoms with E-state index in [0.717, 1.165) is 49.7 Å². The van der Waals surface area contributed by atoms with E-state index in [9.17, 15) is 4.79 Å². The maximum absolute atomic E-state index is 11.6. The summed E-state index contributed by atoms with van der Waals surface area (Å²) in [5, 5.41) is 2.82.